The molecule has 3 aromatic rings. The van der Waals surface area contributed by atoms with Gasteiger partial charge in [0.1, 0.15) is 12.2 Å². The molecule has 0 bridgehead atoms. The Balaban J connectivity index is 1.82. The van der Waals surface area contributed by atoms with E-state index in [1.54, 1.807) is 18.9 Å². The molecular weight excluding hydrogens is 320 g/mol. The summed E-state index contributed by atoms with van der Waals surface area (Å²) in [5.74, 6) is 3.02. The molecule has 0 spiro atoms. The van der Waals surface area contributed by atoms with E-state index < -0.39 is 0 Å². The molecule has 3 rings (SSSR count). The first kappa shape index (κ1) is 16.7. The standard InChI is InChI=1S/C17H20N6O2/c1-11-8-16(20-10-19-11)23-15(21-17(18)22-23)7-5-12-4-6-13(24-2)14(9-12)25-3/h4,6,8-10H,5,7H2,1-3H3,(H2,18,22). The Hall–Kier alpha value is -3.16. The summed E-state index contributed by atoms with van der Waals surface area (Å²) >= 11 is 0. The van der Waals surface area contributed by atoms with Crippen LogP contribution >= 0.6 is 0 Å². The lowest BCUT2D eigenvalue weighted by atomic mass is 10.1. The van der Waals surface area contributed by atoms with Crippen LogP contribution in [0.5, 0.6) is 11.5 Å². The number of benzene rings is 1. The van der Waals surface area contributed by atoms with Crippen LogP contribution in [0.4, 0.5) is 5.95 Å². The van der Waals surface area contributed by atoms with Gasteiger partial charge in [-0.1, -0.05) is 6.07 Å². The van der Waals surface area contributed by atoms with E-state index in [9.17, 15) is 0 Å². The van der Waals surface area contributed by atoms with Gasteiger partial charge in [-0.15, -0.1) is 5.10 Å². The van der Waals surface area contributed by atoms with Gasteiger partial charge >= 0.3 is 0 Å². The SMILES string of the molecule is COc1ccc(CCc2nc(N)nn2-c2cc(C)ncn2)cc1OC. The Morgan fingerprint density at radius 3 is 2.56 bits per heavy atom. The van der Waals surface area contributed by atoms with Crippen LogP contribution in [0, 0.1) is 6.92 Å². The molecule has 2 N–H and O–H groups in total. The van der Waals surface area contributed by atoms with Gasteiger partial charge in [-0.25, -0.2) is 9.97 Å². The van der Waals surface area contributed by atoms with Crippen LogP contribution < -0.4 is 15.2 Å². The van der Waals surface area contributed by atoms with Crippen molar-refractivity contribution in [1.29, 1.82) is 0 Å². The fourth-order valence-electron chi connectivity index (χ4n) is 2.56. The fourth-order valence-corrected chi connectivity index (χ4v) is 2.56. The normalized spacial score (nSPS) is 10.7. The Labute approximate surface area is 145 Å². The van der Waals surface area contributed by atoms with Gasteiger partial charge in [0.25, 0.3) is 0 Å². The van der Waals surface area contributed by atoms with Crippen molar-refractivity contribution in [2.24, 2.45) is 0 Å². The van der Waals surface area contributed by atoms with Crippen LogP contribution in [0.2, 0.25) is 0 Å². The molecule has 0 atom stereocenters. The Bertz CT molecular complexity index is 877. The van der Waals surface area contributed by atoms with Crippen LogP contribution in [0.1, 0.15) is 17.1 Å². The second-order valence-electron chi connectivity index (χ2n) is 5.50. The highest BCUT2D eigenvalue weighted by molar-refractivity contribution is 5.43. The third kappa shape index (κ3) is 3.68. The van der Waals surface area contributed by atoms with Crippen molar-refractivity contribution in [3.8, 4) is 17.3 Å². The average Bonchev–Trinajstić information content (AvgIpc) is 3.00. The van der Waals surface area contributed by atoms with Gasteiger partial charge in [0, 0.05) is 18.2 Å². The fraction of sp³-hybridized carbons (Fsp3) is 0.294. The predicted molar refractivity (Wildman–Crippen MR) is 93.1 cm³/mol. The molecule has 2 aromatic heterocycles. The van der Waals surface area contributed by atoms with Crippen molar-refractivity contribution in [3.05, 3.63) is 47.7 Å². The summed E-state index contributed by atoms with van der Waals surface area (Å²) in [6.45, 7) is 1.90. The molecule has 0 fully saturated rings. The molecule has 0 saturated carbocycles. The summed E-state index contributed by atoms with van der Waals surface area (Å²) in [6, 6.07) is 7.69. The van der Waals surface area contributed by atoms with Crippen LogP contribution in [0.25, 0.3) is 5.82 Å². The van der Waals surface area contributed by atoms with E-state index in [4.69, 9.17) is 15.2 Å². The number of hydrogen-bond donors (Lipinski definition) is 1. The smallest absolute Gasteiger partial charge is 0.240 e. The second-order valence-corrected chi connectivity index (χ2v) is 5.50. The maximum Gasteiger partial charge on any atom is 0.240 e. The van der Waals surface area contributed by atoms with E-state index in [0.29, 0.717) is 23.7 Å². The summed E-state index contributed by atoms with van der Waals surface area (Å²) in [5, 5.41) is 4.24. The molecular formula is C17H20N6O2. The largest absolute Gasteiger partial charge is 0.493 e. The maximum absolute atomic E-state index is 5.78. The number of anilines is 1. The minimum absolute atomic E-state index is 0.221. The van der Waals surface area contributed by atoms with E-state index in [1.165, 1.54) is 6.33 Å². The van der Waals surface area contributed by atoms with E-state index in [0.717, 1.165) is 23.5 Å². The van der Waals surface area contributed by atoms with E-state index in [2.05, 4.69) is 20.1 Å². The van der Waals surface area contributed by atoms with Gasteiger partial charge in [-0.3, -0.25) is 0 Å². The van der Waals surface area contributed by atoms with Crippen LogP contribution in [0.3, 0.4) is 0 Å². The predicted octanol–water partition coefficient (Wildman–Crippen LogP) is 1.75. The number of hydrogen-bond acceptors (Lipinski definition) is 7. The van der Waals surface area contributed by atoms with Gasteiger partial charge in [0.2, 0.25) is 5.95 Å². The van der Waals surface area contributed by atoms with E-state index >= 15 is 0 Å². The molecule has 0 amide bonds. The molecule has 130 valence electrons. The van der Waals surface area contributed by atoms with Crippen LogP contribution in [0.15, 0.2) is 30.6 Å². The molecule has 0 unspecified atom stereocenters. The highest BCUT2D eigenvalue weighted by atomic mass is 16.5. The zero-order valence-electron chi connectivity index (χ0n) is 14.4. The number of aryl methyl sites for hydroxylation is 3. The van der Waals surface area contributed by atoms with Gasteiger partial charge in [0.15, 0.2) is 17.3 Å². The molecule has 0 saturated heterocycles. The highest BCUT2D eigenvalue weighted by Gasteiger charge is 2.12. The van der Waals surface area contributed by atoms with Gasteiger partial charge < -0.3 is 15.2 Å². The van der Waals surface area contributed by atoms with Gasteiger partial charge in [-0.05, 0) is 31.0 Å². The molecule has 0 aliphatic carbocycles. The minimum Gasteiger partial charge on any atom is -0.493 e. The number of aromatic nitrogens is 5. The number of nitrogen functional groups attached to an aromatic ring is 1. The summed E-state index contributed by atoms with van der Waals surface area (Å²) in [5.41, 5.74) is 7.74. The molecule has 8 nitrogen and oxygen atoms in total. The number of methoxy groups -OCH3 is 2. The number of ether oxygens (including phenoxy) is 2. The zero-order valence-corrected chi connectivity index (χ0v) is 14.4. The number of nitrogens with zero attached hydrogens (tertiary/aromatic N) is 5. The van der Waals surface area contributed by atoms with E-state index in [1.807, 2.05) is 31.2 Å². The first-order valence-electron chi connectivity index (χ1n) is 7.82. The van der Waals surface area contributed by atoms with Crippen molar-refractivity contribution in [2.45, 2.75) is 19.8 Å². The molecule has 8 heteroatoms. The highest BCUT2D eigenvalue weighted by Crippen LogP contribution is 2.28. The van der Waals surface area contributed by atoms with Crippen LogP contribution in [-0.4, -0.2) is 39.0 Å². The summed E-state index contributed by atoms with van der Waals surface area (Å²) < 4.78 is 12.3. The van der Waals surface area contributed by atoms with Crippen molar-refractivity contribution in [2.75, 3.05) is 20.0 Å². The van der Waals surface area contributed by atoms with Crippen molar-refractivity contribution < 1.29 is 9.47 Å². The van der Waals surface area contributed by atoms with Crippen molar-refractivity contribution in [1.82, 2.24) is 24.7 Å². The Morgan fingerprint density at radius 1 is 1.04 bits per heavy atom. The molecule has 0 radical (unpaired) electrons. The second kappa shape index (κ2) is 7.16. The molecule has 25 heavy (non-hydrogen) atoms. The van der Waals surface area contributed by atoms with Gasteiger partial charge in [-0.2, -0.15) is 9.67 Å². The molecule has 1 aromatic carbocycles. The monoisotopic (exact) mass is 340 g/mol. The van der Waals surface area contributed by atoms with Crippen molar-refractivity contribution >= 4 is 5.95 Å². The number of rotatable bonds is 6. The molecule has 2 heterocycles. The topological polar surface area (TPSA) is 101 Å². The summed E-state index contributed by atoms with van der Waals surface area (Å²) in [6.07, 6.45) is 2.91. The third-order valence-electron chi connectivity index (χ3n) is 3.78. The van der Waals surface area contributed by atoms with Crippen molar-refractivity contribution in [3.63, 3.8) is 0 Å². The Kier molecular flexibility index (Phi) is 4.78. The summed E-state index contributed by atoms with van der Waals surface area (Å²) in [4.78, 5) is 12.7. The van der Waals surface area contributed by atoms with E-state index in [-0.39, 0.29) is 5.95 Å². The molecule has 0 aliphatic rings. The first-order chi connectivity index (χ1) is 12.1. The lowest BCUT2D eigenvalue weighted by molar-refractivity contribution is 0.354. The zero-order chi connectivity index (χ0) is 17.8. The maximum atomic E-state index is 5.78. The first-order valence-corrected chi connectivity index (χ1v) is 7.82. The lowest BCUT2D eigenvalue weighted by Crippen LogP contribution is -2.07. The summed E-state index contributed by atoms with van der Waals surface area (Å²) in [7, 11) is 3.24. The minimum atomic E-state index is 0.221. The quantitative estimate of drug-likeness (QED) is 0.729. The number of nitrogens with two attached hydrogens (primary N) is 1. The van der Waals surface area contributed by atoms with Crippen LogP contribution in [-0.2, 0) is 12.8 Å². The Morgan fingerprint density at radius 2 is 1.84 bits per heavy atom. The average molecular weight is 340 g/mol. The molecule has 0 aliphatic heterocycles. The third-order valence-corrected chi connectivity index (χ3v) is 3.78. The lowest BCUT2D eigenvalue weighted by Gasteiger charge is -2.10. The van der Waals surface area contributed by atoms with Gasteiger partial charge in [0.05, 0.1) is 14.2 Å².